The van der Waals surface area contributed by atoms with Gasteiger partial charge in [-0.1, -0.05) is 27.7 Å². The molecule has 4 amide bonds. The quantitative estimate of drug-likeness (QED) is 0.253. The molecule has 11 heteroatoms. The fourth-order valence-electron chi connectivity index (χ4n) is 3.06. The zero-order valence-electron chi connectivity index (χ0n) is 24.4. The maximum atomic E-state index is 12.9. The summed E-state index contributed by atoms with van der Waals surface area (Å²) < 4.78 is 16.4. The van der Waals surface area contributed by atoms with Crippen molar-refractivity contribution in [3.05, 3.63) is 0 Å². The zero-order chi connectivity index (χ0) is 28.8. The first kappa shape index (κ1) is 34.4. The molecule has 0 saturated heterocycles. The molecule has 0 rings (SSSR count). The lowest BCUT2D eigenvalue weighted by Crippen LogP contribution is -2.47. The molecule has 0 heterocycles. The Hall–Kier alpha value is -2.56. The molecule has 0 saturated carbocycles. The third-order valence-corrected chi connectivity index (χ3v) is 4.47. The van der Waals surface area contributed by atoms with Crippen LogP contribution in [0.5, 0.6) is 0 Å². The van der Waals surface area contributed by atoms with Gasteiger partial charge in [-0.3, -0.25) is 9.59 Å². The van der Waals surface area contributed by atoms with Crippen molar-refractivity contribution in [1.29, 1.82) is 0 Å². The Morgan fingerprint density at radius 1 is 0.568 bits per heavy atom. The van der Waals surface area contributed by atoms with Gasteiger partial charge in [-0.15, -0.1) is 0 Å². The van der Waals surface area contributed by atoms with Crippen LogP contribution in [0.15, 0.2) is 0 Å². The van der Waals surface area contributed by atoms with Crippen molar-refractivity contribution in [2.45, 2.75) is 105 Å². The molecule has 0 aliphatic rings. The van der Waals surface area contributed by atoms with Gasteiger partial charge in [0, 0.05) is 26.2 Å². The first-order valence-electron chi connectivity index (χ1n) is 13.0. The topological polar surface area (TPSA) is 144 Å². The molecular formula is C26H50N4O7. The maximum Gasteiger partial charge on any atom is 0.407 e. The molecule has 0 unspecified atom stereocenters. The second-order valence-corrected chi connectivity index (χ2v) is 11.8. The minimum absolute atomic E-state index is 0.149. The summed E-state index contributed by atoms with van der Waals surface area (Å²) in [5, 5.41) is 10.7. The van der Waals surface area contributed by atoms with Crippen LogP contribution in [0.25, 0.3) is 0 Å². The molecule has 2 atom stereocenters. The SMILES string of the molecule is CC(C)C[C@H](O[C@@H](CC(C)C)C(=O)NCCNC(=O)OC(C)(C)C)C(=O)NCCNC(=O)OC(C)(C)C. The summed E-state index contributed by atoms with van der Waals surface area (Å²) in [6.07, 6.45) is -1.95. The van der Waals surface area contributed by atoms with E-state index in [-0.39, 0.29) is 49.8 Å². The van der Waals surface area contributed by atoms with Crippen LogP contribution in [0.2, 0.25) is 0 Å². The molecule has 0 radical (unpaired) electrons. The van der Waals surface area contributed by atoms with Gasteiger partial charge in [0.2, 0.25) is 11.8 Å². The molecule has 0 aliphatic heterocycles. The van der Waals surface area contributed by atoms with Gasteiger partial charge in [-0.2, -0.15) is 0 Å². The highest BCUT2D eigenvalue weighted by molar-refractivity contribution is 5.83. The minimum Gasteiger partial charge on any atom is -0.444 e. The van der Waals surface area contributed by atoms with E-state index in [4.69, 9.17) is 14.2 Å². The van der Waals surface area contributed by atoms with Crippen molar-refractivity contribution >= 4 is 24.0 Å². The lowest BCUT2D eigenvalue weighted by molar-refractivity contribution is -0.148. The summed E-state index contributed by atoms with van der Waals surface area (Å²) in [7, 11) is 0. The second kappa shape index (κ2) is 16.3. The molecule has 4 N–H and O–H groups in total. The van der Waals surface area contributed by atoms with Crippen molar-refractivity contribution in [2.24, 2.45) is 11.8 Å². The van der Waals surface area contributed by atoms with Crippen molar-refractivity contribution in [3.8, 4) is 0 Å². The maximum absolute atomic E-state index is 12.9. The minimum atomic E-state index is -0.837. The van der Waals surface area contributed by atoms with E-state index in [0.29, 0.717) is 12.8 Å². The molecule has 216 valence electrons. The summed E-state index contributed by atoms with van der Waals surface area (Å²) in [6, 6.07) is 0. The van der Waals surface area contributed by atoms with E-state index in [1.807, 2.05) is 27.7 Å². The molecule has 37 heavy (non-hydrogen) atoms. The largest absolute Gasteiger partial charge is 0.444 e. The summed E-state index contributed by atoms with van der Waals surface area (Å²) in [4.78, 5) is 49.3. The molecule has 0 fully saturated rings. The molecule has 0 aliphatic carbocycles. The van der Waals surface area contributed by atoms with Gasteiger partial charge in [0.1, 0.15) is 23.4 Å². The highest BCUT2D eigenvalue weighted by atomic mass is 16.6. The number of nitrogens with one attached hydrogen (secondary N) is 4. The van der Waals surface area contributed by atoms with Crippen molar-refractivity contribution in [2.75, 3.05) is 26.2 Å². The Morgan fingerprint density at radius 3 is 1.14 bits per heavy atom. The standard InChI is InChI=1S/C26H50N4O7/c1-17(2)15-19(21(31)27-11-13-29-23(33)36-25(5,6)7)35-20(16-18(3)4)22(32)28-12-14-30-24(34)37-26(8,9)10/h17-20H,11-16H2,1-10H3,(H,27,31)(H,28,32)(H,29,33)(H,30,34)/t19-,20-/m0/s1. The van der Waals surface area contributed by atoms with Gasteiger partial charge in [0.05, 0.1) is 0 Å². The number of hydrogen-bond acceptors (Lipinski definition) is 7. The Labute approximate surface area is 222 Å². The first-order chi connectivity index (χ1) is 16.9. The Balaban J connectivity index is 4.91. The highest BCUT2D eigenvalue weighted by Gasteiger charge is 2.29. The Kier molecular flexibility index (Phi) is 15.2. The number of hydrogen-bond donors (Lipinski definition) is 4. The van der Waals surface area contributed by atoms with Gasteiger partial charge in [-0.05, 0) is 66.2 Å². The van der Waals surface area contributed by atoms with Gasteiger partial charge < -0.3 is 35.5 Å². The predicted molar refractivity (Wildman–Crippen MR) is 142 cm³/mol. The van der Waals surface area contributed by atoms with E-state index in [1.54, 1.807) is 41.5 Å². The number of amides is 4. The number of alkyl carbamates (subject to hydrolysis) is 2. The molecular weight excluding hydrogens is 480 g/mol. The lowest BCUT2D eigenvalue weighted by Gasteiger charge is -2.26. The monoisotopic (exact) mass is 530 g/mol. The second-order valence-electron chi connectivity index (χ2n) is 11.8. The normalized spacial score (nSPS) is 13.5. The smallest absolute Gasteiger partial charge is 0.407 e. The first-order valence-corrected chi connectivity index (χ1v) is 13.0. The molecule has 0 spiro atoms. The van der Waals surface area contributed by atoms with Crippen LogP contribution in [0.1, 0.15) is 82.1 Å². The van der Waals surface area contributed by atoms with Crippen LogP contribution in [0, 0.1) is 11.8 Å². The molecule has 11 nitrogen and oxygen atoms in total. The van der Waals surface area contributed by atoms with Crippen molar-refractivity contribution < 1.29 is 33.4 Å². The molecule has 0 aromatic carbocycles. The Bertz CT molecular complexity index is 667. The van der Waals surface area contributed by atoms with E-state index < -0.39 is 35.6 Å². The van der Waals surface area contributed by atoms with E-state index in [0.717, 1.165) is 0 Å². The highest BCUT2D eigenvalue weighted by Crippen LogP contribution is 2.16. The van der Waals surface area contributed by atoms with E-state index in [1.165, 1.54) is 0 Å². The average molecular weight is 531 g/mol. The third kappa shape index (κ3) is 19.2. The molecule has 0 aromatic rings. The number of rotatable bonds is 14. The van der Waals surface area contributed by atoms with Crippen LogP contribution in [-0.4, -0.2) is 73.6 Å². The third-order valence-electron chi connectivity index (χ3n) is 4.47. The van der Waals surface area contributed by atoms with E-state index in [9.17, 15) is 19.2 Å². The van der Waals surface area contributed by atoms with Crippen LogP contribution in [0.4, 0.5) is 9.59 Å². The van der Waals surface area contributed by atoms with Gasteiger partial charge in [0.25, 0.3) is 0 Å². The van der Waals surface area contributed by atoms with Gasteiger partial charge in [0.15, 0.2) is 0 Å². The van der Waals surface area contributed by atoms with Crippen LogP contribution >= 0.6 is 0 Å². The average Bonchev–Trinajstić information content (AvgIpc) is 2.69. The number of carbonyl (C=O) groups excluding carboxylic acids is 4. The summed E-state index contributed by atoms with van der Waals surface area (Å²) in [5.74, 6) is -0.409. The van der Waals surface area contributed by atoms with Crippen molar-refractivity contribution in [3.63, 3.8) is 0 Å². The van der Waals surface area contributed by atoms with E-state index >= 15 is 0 Å². The van der Waals surface area contributed by atoms with Gasteiger partial charge in [-0.25, -0.2) is 9.59 Å². The van der Waals surface area contributed by atoms with Gasteiger partial charge >= 0.3 is 12.2 Å². The predicted octanol–water partition coefficient (Wildman–Crippen LogP) is 3.11. The summed E-state index contributed by atoms with van der Waals surface area (Å²) in [5.41, 5.74) is -1.22. The molecule has 0 bridgehead atoms. The summed E-state index contributed by atoms with van der Waals surface area (Å²) in [6.45, 7) is 19.2. The fourth-order valence-corrected chi connectivity index (χ4v) is 3.06. The summed E-state index contributed by atoms with van der Waals surface area (Å²) >= 11 is 0. The zero-order valence-corrected chi connectivity index (χ0v) is 24.4. The Morgan fingerprint density at radius 2 is 0.865 bits per heavy atom. The van der Waals surface area contributed by atoms with E-state index in [2.05, 4.69) is 21.3 Å². The number of carbonyl (C=O) groups is 4. The van der Waals surface area contributed by atoms with Crippen LogP contribution < -0.4 is 21.3 Å². The van der Waals surface area contributed by atoms with Crippen LogP contribution in [-0.2, 0) is 23.8 Å². The molecule has 0 aromatic heterocycles. The van der Waals surface area contributed by atoms with Crippen molar-refractivity contribution in [1.82, 2.24) is 21.3 Å². The van der Waals surface area contributed by atoms with Crippen LogP contribution in [0.3, 0.4) is 0 Å². The number of ether oxygens (including phenoxy) is 3. The lowest BCUT2D eigenvalue weighted by atomic mass is 10.0. The fraction of sp³-hybridized carbons (Fsp3) is 0.846.